The minimum atomic E-state index is 0.117. The van der Waals surface area contributed by atoms with Crippen LogP contribution in [0.5, 0.6) is 0 Å². The Morgan fingerprint density at radius 2 is 2.14 bits per heavy atom. The molecule has 1 aliphatic rings. The molecule has 0 spiro atoms. The summed E-state index contributed by atoms with van der Waals surface area (Å²) in [4.78, 5) is 8.53. The number of morpholine rings is 1. The molecule has 0 aliphatic carbocycles. The molecule has 21 heavy (non-hydrogen) atoms. The quantitative estimate of drug-likeness (QED) is 0.810. The van der Waals surface area contributed by atoms with Crippen LogP contribution in [0.2, 0.25) is 0 Å². The van der Waals surface area contributed by atoms with Gasteiger partial charge in [0.2, 0.25) is 0 Å². The molecule has 1 aromatic carbocycles. The molecule has 1 saturated heterocycles. The van der Waals surface area contributed by atoms with Crippen molar-refractivity contribution >= 4 is 27.3 Å². The van der Waals surface area contributed by atoms with Gasteiger partial charge in [0.1, 0.15) is 11.1 Å². The van der Waals surface area contributed by atoms with Crippen LogP contribution in [0.25, 0.3) is 11.3 Å². The lowest BCUT2D eigenvalue weighted by Crippen LogP contribution is -2.37. The molecular formula is C16H19BrN2OS. The summed E-state index contributed by atoms with van der Waals surface area (Å²) in [6, 6.07) is 8.33. The van der Waals surface area contributed by atoms with E-state index >= 15 is 0 Å². The average Bonchev–Trinajstić information content (AvgIpc) is 2.90. The first-order valence-corrected chi connectivity index (χ1v) is 8.85. The number of aryl methyl sites for hydroxylation is 1. The van der Waals surface area contributed by atoms with Crippen LogP contribution in [-0.4, -0.2) is 36.1 Å². The van der Waals surface area contributed by atoms with Crippen molar-refractivity contribution in [2.24, 2.45) is 0 Å². The predicted octanol–water partition coefficient (Wildman–Crippen LogP) is 4.27. The van der Waals surface area contributed by atoms with Gasteiger partial charge in [-0.25, -0.2) is 4.98 Å². The van der Waals surface area contributed by atoms with Crippen LogP contribution in [-0.2, 0) is 4.74 Å². The van der Waals surface area contributed by atoms with Crippen molar-refractivity contribution < 1.29 is 4.74 Å². The standard InChI is InChI=1S/C16H19BrN2OS/c1-3-19-8-9-20-14(10-19)16-18-15(11(2)21-16)12-4-6-13(17)7-5-12/h4-7,14H,3,8-10H2,1-2H3. The Hall–Kier alpha value is -0.750. The van der Waals surface area contributed by atoms with Gasteiger partial charge in [0.05, 0.1) is 12.3 Å². The Labute approximate surface area is 138 Å². The second-order valence-electron chi connectivity index (χ2n) is 5.22. The summed E-state index contributed by atoms with van der Waals surface area (Å²) in [6.07, 6.45) is 0.117. The molecular weight excluding hydrogens is 348 g/mol. The molecule has 1 fully saturated rings. The molecule has 0 amide bonds. The summed E-state index contributed by atoms with van der Waals surface area (Å²) < 4.78 is 7.01. The van der Waals surface area contributed by atoms with E-state index in [1.165, 1.54) is 10.4 Å². The van der Waals surface area contributed by atoms with Crippen LogP contribution in [0, 0.1) is 6.92 Å². The van der Waals surface area contributed by atoms with Crippen LogP contribution in [0.1, 0.15) is 22.9 Å². The fraction of sp³-hybridized carbons (Fsp3) is 0.438. The van der Waals surface area contributed by atoms with Gasteiger partial charge in [-0.3, -0.25) is 4.90 Å². The third kappa shape index (κ3) is 3.37. The highest BCUT2D eigenvalue weighted by molar-refractivity contribution is 9.10. The summed E-state index contributed by atoms with van der Waals surface area (Å²) in [6.45, 7) is 8.18. The maximum absolute atomic E-state index is 5.92. The van der Waals surface area contributed by atoms with E-state index in [9.17, 15) is 0 Å². The number of aromatic nitrogens is 1. The topological polar surface area (TPSA) is 25.4 Å². The highest BCUT2D eigenvalue weighted by atomic mass is 79.9. The van der Waals surface area contributed by atoms with E-state index < -0.39 is 0 Å². The molecule has 1 aromatic heterocycles. The van der Waals surface area contributed by atoms with Crippen LogP contribution in [0.3, 0.4) is 0 Å². The van der Waals surface area contributed by atoms with Crippen LogP contribution >= 0.6 is 27.3 Å². The Morgan fingerprint density at radius 1 is 1.38 bits per heavy atom. The van der Waals surface area contributed by atoms with Crippen LogP contribution in [0.4, 0.5) is 0 Å². The van der Waals surface area contributed by atoms with Crippen molar-refractivity contribution in [3.8, 4) is 11.3 Å². The highest BCUT2D eigenvalue weighted by Crippen LogP contribution is 2.33. The number of hydrogen-bond donors (Lipinski definition) is 0. The number of thiazole rings is 1. The number of benzene rings is 1. The summed E-state index contributed by atoms with van der Waals surface area (Å²) in [5.74, 6) is 0. The number of hydrogen-bond acceptors (Lipinski definition) is 4. The normalized spacial score (nSPS) is 19.9. The van der Waals surface area contributed by atoms with Gasteiger partial charge in [-0.1, -0.05) is 35.0 Å². The van der Waals surface area contributed by atoms with Gasteiger partial charge in [-0.15, -0.1) is 11.3 Å². The van der Waals surface area contributed by atoms with E-state index in [1.807, 2.05) is 0 Å². The number of nitrogens with zero attached hydrogens (tertiary/aromatic N) is 2. The SMILES string of the molecule is CCN1CCOC(c2nc(-c3ccc(Br)cc3)c(C)s2)C1. The molecule has 5 heteroatoms. The van der Waals surface area contributed by atoms with E-state index in [-0.39, 0.29) is 6.10 Å². The molecule has 1 aliphatic heterocycles. The van der Waals surface area contributed by atoms with Gasteiger partial charge in [0, 0.05) is 28.0 Å². The zero-order valence-corrected chi connectivity index (χ0v) is 14.7. The number of likely N-dealkylation sites (N-methyl/N-ethyl adjacent to an activating group) is 1. The molecule has 2 aromatic rings. The van der Waals surface area contributed by atoms with E-state index in [1.54, 1.807) is 11.3 Å². The second kappa shape index (κ2) is 6.57. The van der Waals surface area contributed by atoms with Crippen molar-refractivity contribution in [3.63, 3.8) is 0 Å². The van der Waals surface area contributed by atoms with Gasteiger partial charge in [-0.2, -0.15) is 0 Å². The second-order valence-corrected chi connectivity index (χ2v) is 7.37. The monoisotopic (exact) mass is 366 g/mol. The molecule has 3 nitrogen and oxygen atoms in total. The smallest absolute Gasteiger partial charge is 0.124 e. The lowest BCUT2D eigenvalue weighted by molar-refractivity contribution is -0.0282. The minimum absolute atomic E-state index is 0.117. The van der Waals surface area contributed by atoms with Crippen LogP contribution < -0.4 is 0 Å². The van der Waals surface area contributed by atoms with Crippen molar-refractivity contribution in [1.82, 2.24) is 9.88 Å². The predicted molar refractivity (Wildman–Crippen MR) is 90.8 cm³/mol. The Morgan fingerprint density at radius 3 is 2.86 bits per heavy atom. The Bertz CT molecular complexity index is 611. The first-order valence-electron chi connectivity index (χ1n) is 7.24. The van der Waals surface area contributed by atoms with Crippen molar-refractivity contribution in [1.29, 1.82) is 0 Å². The summed E-state index contributed by atoms with van der Waals surface area (Å²) in [5, 5.41) is 1.10. The van der Waals surface area contributed by atoms with E-state index in [0.29, 0.717) is 0 Å². The van der Waals surface area contributed by atoms with Crippen molar-refractivity contribution in [3.05, 3.63) is 38.6 Å². The molecule has 1 unspecified atom stereocenters. The zero-order valence-electron chi connectivity index (χ0n) is 12.3. The third-order valence-corrected chi connectivity index (χ3v) is 5.40. The van der Waals surface area contributed by atoms with Gasteiger partial charge < -0.3 is 4.74 Å². The molecule has 112 valence electrons. The number of rotatable bonds is 3. The first kappa shape index (κ1) is 15.2. The molecule has 0 N–H and O–H groups in total. The van der Waals surface area contributed by atoms with Gasteiger partial charge >= 0.3 is 0 Å². The van der Waals surface area contributed by atoms with Crippen molar-refractivity contribution in [2.75, 3.05) is 26.2 Å². The summed E-state index contributed by atoms with van der Waals surface area (Å²) >= 11 is 5.23. The van der Waals surface area contributed by atoms with Crippen LogP contribution in [0.15, 0.2) is 28.7 Å². The largest absolute Gasteiger partial charge is 0.368 e. The first-order chi connectivity index (χ1) is 10.2. The summed E-state index contributed by atoms with van der Waals surface area (Å²) in [7, 11) is 0. The number of ether oxygens (including phenoxy) is 1. The number of halogens is 1. The maximum Gasteiger partial charge on any atom is 0.124 e. The Kier molecular flexibility index (Phi) is 4.74. The van der Waals surface area contributed by atoms with Crippen molar-refractivity contribution in [2.45, 2.75) is 20.0 Å². The van der Waals surface area contributed by atoms with Gasteiger partial charge in [0.15, 0.2) is 0 Å². The fourth-order valence-electron chi connectivity index (χ4n) is 2.57. The molecule has 0 saturated carbocycles. The fourth-order valence-corrected chi connectivity index (χ4v) is 3.82. The minimum Gasteiger partial charge on any atom is -0.368 e. The molecule has 3 rings (SSSR count). The van der Waals surface area contributed by atoms with E-state index in [4.69, 9.17) is 9.72 Å². The van der Waals surface area contributed by atoms with Gasteiger partial charge in [-0.05, 0) is 25.6 Å². The molecule has 2 heterocycles. The molecule has 0 radical (unpaired) electrons. The maximum atomic E-state index is 5.92. The van der Waals surface area contributed by atoms with E-state index in [2.05, 4.69) is 58.9 Å². The van der Waals surface area contributed by atoms with E-state index in [0.717, 1.165) is 41.4 Å². The zero-order chi connectivity index (χ0) is 14.8. The highest BCUT2D eigenvalue weighted by Gasteiger charge is 2.24. The Balaban J connectivity index is 1.85. The molecule has 1 atom stereocenters. The lowest BCUT2D eigenvalue weighted by Gasteiger charge is -2.30. The lowest BCUT2D eigenvalue weighted by atomic mass is 10.1. The summed E-state index contributed by atoms with van der Waals surface area (Å²) in [5.41, 5.74) is 2.25. The third-order valence-electron chi connectivity index (χ3n) is 3.80. The molecule has 0 bridgehead atoms. The van der Waals surface area contributed by atoms with Gasteiger partial charge in [0.25, 0.3) is 0 Å². The average molecular weight is 367 g/mol.